The number of aromatic nitrogens is 2. The van der Waals surface area contributed by atoms with Crippen LogP contribution in [0.2, 0.25) is 0 Å². The van der Waals surface area contributed by atoms with Crippen molar-refractivity contribution in [2.45, 2.75) is 50.6 Å². The second-order valence-corrected chi connectivity index (χ2v) is 6.15. The number of nitrogens with one attached hydrogen (secondary N) is 3. The lowest BCUT2D eigenvalue weighted by Crippen LogP contribution is -2.43. The van der Waals surface area contributed by atoms with E-state index in [0.29, 0.717) is 6.04 Å². The topological polar surface area (TPSA) is 69.8 Å². The molecule has 3 atom stereocenters. The third-order valence-electron chi connectivity index (χ3n) is 5.02. The molecule has 5 nitrogen and oxygen atoms in total. The molecule has 3 unspecified atom stereocenters. The number of hydrogen-bond acceptors (Lipinski definition) is 3. The van der Waals surface area contributed by atoms with E-state index in [-0.39, 0.29) is 11.9 Å². The van der Waals surface area contributed by atoms with E-state index >= 15 is 0 Å². The minimum atomic E-state index is -0.101. The summed E-state index contributed by atoms with van der Waals surface area (Å²) in [6.45, 7) is 0. The molecule has 3 aliphatic rings. The summed E-state index contributed by atoms with van der Waals surface area (Å²) >= 11 is 0. The lowest BCUT2D eigenvalue weighted by molar-refractivity contribution is -0.122. The zero-order chi connectivity index (χ0) is 12.8. The number of amides is 1. The summed E-state index contributed by atoms with van der Waals surface area (Å²) in [4.78, 5) is 12.3. The van der Waals surface area contributed by atoms with Crippen LogP contribution in [-0.4, -0.2) is 28.2 Å². The SMILES string of the molecule is O=C(NC1C2CCCCC21)C1CCc2cn[nH]c2N1. The van der Waals surface area contributed by atoms with Crippen molar-refractivity contribution in [2.75, 3.05) is 5.32 Å². The highest BCUT2D eigenvalue weighted by molar-refractivity contribution is 5.85. The maximum atomic E-state index is 12.3. The molecule has 2 aliphatic carbocycles. The summed E-state index contributed by atoms with van der Waals surface area (Å²) in [5.41, 5.74) is 1.18. The average molecular weight is 260 g/mol. The Morgan fingerprint density at radius 2 is 2.05 bits per heavy atom. The number of aromatic amines is 1. The van der Waals surface area contributed by atoms with Crippen molar-refractivity contribution < 1.29 is 4.79 Å². The maximum absolute atomic E-state index is 12.3. The van der Waals surface area contributed by atoms with E-state index in [1.807, 2.05) is 6.20 Å². The fourth-order valence-electron chi connectivity index (χ4n) is 3.84. The number of H-pyrrole nitrogens is 1. The molecule has 0 spiro atoms. The van der Waals surface area contributed by atoms with Gasteiger partial charge in [-0.15, -0.1) is 0 Å². The smallest absolute Gasteiger partial charge is 0.242 e. The van der Waals surface area contributed by atoms with Crippen LogP contribution >= 0.6 is 0 Å². The molecule has 1 amide bonds. The molecule has 1 aliphatic heterocycles. The summed E-state index contributed by atoms with van der Waals surface area (Å²) in [5, 5.41) is 13.4. The van der Waals surface area contributed by atoms with Crippen molar-refractivity contribution in [3.8, 4) is 0 Å². The highest BCUT2D eigenvalue weighted by Crippen LogP contribution is 2.49. The van der Waals surface area contributed by atoms with E-state index in [9.17, 15) is 4.79 Å². The average Bonchev–Trinajstić information content (AvgIpc) is 2.93. The summed E-state index contributed by atoms with van der Waals surface area (Å²) in [5.74, 6) is 2.62. The first kappa shape index (κ1) is 11.3. The number of aryl methyl sites for hydroxylation is 1. The van der Waals surface area contributed by atoms with Gasteiger partial charge in [0.1, 0.15) is 11.9 Å². The van der Waals surface area contributed by atoms with E-state index in [0.717, 1.165) is 30.5 Å². The Morgan fingerprint density at radius 3 is 2.84 bits per heavy atom. The van der Waals surface area contributed by atoms with Gasteiger partial charge in [0.25, 0.3) is 0 Å². The number of anilines is 1. The van der Waals surface area contributed by atoms with Crippen LogP contribution in [-0.2, 0) is 11.2 Å². The van der Waals surface area contributed by atoms with E-state index in [4.69, 9.17) is 0 Å². The molecule has 1 aromatic rings. The summed E-state index contributed by atoms with van der Waals surface area (Å²) in [6.07, 6.45) is 8.91. The van der Waals surface area contributed by atoms with E-state index in [1.54, 1.807) is 0 Å². The standard InChI is InChI=1S/C14H20N4O/c19-14(17-12-9-3-1-2-4-10(9)12)11-6-5-8-7-15-18-13(8)16-11/h7,9-12H,1-6H2,(H,17,19)(H2,15,16,18). The molecule has 0 radical (unpaired) electrons. The fraction of sp³-hybridized carbons (Fsp3) is 0.714. The second-order valence-electron chi connectivity index (χ2n) is 6.15. The Labute approximate surface area is 112 Å². The predicted octanol–water partition coefficient (Wildman–Crippen LogP) is 1.44. The van der Waals surface area contributed by atoms with Crippen LogP contribution in [0.4, 0.5) is 5.82 Å². The third-order valence-corrected chi connectivity index (χ3v) is 5.02. The van der Waals surface area contributed by atoms with Crippen molar-refractivity contribution in [3.63, 3.8) is 0 Å². The van der Waals surface area contributed by atoms with Gasteiger partial charge in [-0.05, 0) is 37.5 Å². The predicted molar refractivity (Wildman–Crippen MR) is 71.7 cm³/mol. The molecule has 4 rings (SSSR count). The highest BCUT2D eigenvalue weighted by Gasteiger charge is 2.51. The number of carbonyl (C=O) groups is 1. The lowest BCUT2D eigenvalue weighted by Gasteiger charge is -2.23. The Kier molecular flexibility index (Phi) is 2.53. The largest absolute Gasteiger partial charge is 0.359 e. The molecule has 0 saturated heterocycles. The Morgan fingerprint density at radius 1 is 1.26 bits per heavy atom. The Hall–Kier alpha value is -1.52. The second kappa shape index (κ2) is 4.25. The van der Waals surface area contributed by atoms with Gasteiger partial charge >= 0.3 is 0 Å². The molecule has 3 N–H and O–H groups in total. The van der Waals surface area contributed by atoms with Crippen LogP contribution in [0.1, 0.15) is 37.7 Å². The van der Waals surface area contributed by atoms with Crippen LogP contribution in [0, 0.1) is 11.8 Å². The third kappa shape index (κ3) is 1.91. The first-order chi connectivity index (χ1) is 9.33. The minimum absolute atomic E-state index is 0.101. The van der Waals surface area contributed by atoms with E-state index in [1.165, 1.54) is 31.2 Å². The van der Waals surface area contributed by atoms with Gasteiger partial charge in [0, 0.05) is 11.6 Å². The van der Waals surface area contributed by atoms with Crippen molar-refractivity contribution >= 4 is 11.7 Å². The van der Waals surface area contributed by atoms with Crippen LogP contribution in [0.3, 0.4) is 0 Å². The number of rotatable bonds is 2. The molecule has 19 heavy (non-hydrogen) atoms. The molecular formula is C14H20N4O. The van der Waals surface area contributed by atoms with Gasteiger partial charge in [0.15, 0.2) is 0 Å². The maximum Gasteiger partial charge on any atom is 0.242 e. The molecule has 102 valence electrons. The Balaban J connectivity index is 1.37. The molecule has 2 fully saturated rings. The zero-order valence-corrected chi connectivity index (χ0v) is 11.0. The number of nitrogens with zero attached hydrogens (tertiary/aromatic N) is 1. The van der Waals surface area contributed by atoms with Crippen molar-refractivity contribution in [1.82, 2.24) is 15.5 Å². The van der Waals surface area contributed by atoms with E-state index in [2.05, 4.69) is 20.8 Å². The quantitative estimate of drug-likeness (QED) is 0.753. The van der Waals surface area contributed by atoms with Crippen LogP contribution in [0.25, 0.3) is 0 Å². The summed E-state index contributed by atoms with van der Waals surface area (Å²) in [6, 6.07) is 0.357. The molecule has 5 heteroatoms. The molecule has 2 heterocycles. The summed E-state index contributed by atoms with van der Waals surface area (Å²) in [7, 11) is 0. The molecule has 1 aromatic heterocycles. The fourth-order valence-corrected chi connectivity index (χ4v) is 3.84. The van der Waals surface area contributed by atoms with Crippen LogP contribution < -0.4 is 10.6 Å². The molecule has 2 saturated carbocycles. The van der Waals surface area contributed by atoms with Gasteiger partial charge in [-0.25, -0.2) is 0 Å². The zero-order valence-electron chi connectivity index (χ0n) is 11.0. The number of fused-ring (bicyclic) bond motifs is 2. The van der Waals surface area contributed by atoms with Gasteiger partial charge in [0.2, 0.25) is 5.91 Å². The van der Waals surface area contributed by atoms with Gasteiger partial charge in [0.05, 0.1) is 6.20 Å². The molecular weight excluding hydrogens is 240 g/mol. The highest BCUT2D eigenvalue weighted by atomic mass is 16.2. The van der Waals surface area contributed by atoms with Crippen molar-refractivity contribution in [1.29, 1.82) is 0 Å². The number of carbonyl (C=O) groups excluding carboxylic acids is 1. The molecule has 0 aromatic carbocycles. The first-order valence-corrected chi connectivity index (χ1v) is 7.42. The van der Waals surface area contributed by atoms with E-state index < -0.39 is 0 Å². The normalized spacial score (nSPS) is 35.8. The van der Waals surface area contributed by atoms with Gasteiger partial charge in [-0.1, -0.05) is 12.8 Å². The molecule has 0 bridgehead atoms. The lowest BCUT2D eigenvalue weighted by atomic mass is 10.0. The monoisotopic (exact) mass is 260 g/mol. The van der Waals surface area contributed by atoms with Crippen LogP contribution in [0.15, 0.2) is 6.20 Å². The van der Waals surface area contributed by atoms with Crippen LogP contribution in [0.5, 0.6) is 0 Å². The summed E-state index contributed by atoms with van der Waals surface area (Å²) < 4.78 is 0. The number of hydrogen-bond donors (Lipinski definition) is 3. The van der Waals surface area contributed by atoms with Crippen molar-refractivity contribution in [2.24, 2.45) is 11.8 Å². The first-order valence-electron chi connectivity index (χ1n) is 7.42. The van der Waals surface area contributed by atoms with Gasteiger partial charge < -0.3 is 10.6 Å². The van der Waals surface area contributed by atoms with Gasteiger partial charge in [-0.2, -0.15) is 5.10 Å². The van der Waals surface area contributed by atoms with Gasteiger partial charge in [-0.3, -0.25) is 9.89 Å². The Bertz CT molecular complexity index is 485. The minimum Gasteiger partial charge on any atom is -0.359 e. The van der Waals surface area contributed by atoms with Crippen molar-refractivity contribution in [3.05, 3.63) is 11.8 Å².